The second-order valence-corrected chi connectivity index (χ2v) is 4.88. The van der Waals surface area contributed by atoms with Crippen LogP contribution in [0.15, 0.2) is 18.5 Å². The summed E-state index contributed by atoms with van der Waals surface area (Å²) >= 11 is 6.09. The molecule has 0 spiro atoms. The molecule has 1 aromatic rings. The zero-order valence-corrected chi connectivity index (χ0v) is 12.1. The van der Waals surface area contributed by atoms with Crippen LogP contribution in [0.25, 0.3) is 0 Å². The third-order valence-corrected chi connectivity index (χ3v) is 4.34. The van der Waals surface area contributed by atoms with Crippen molar-refractivity contribution in [3.8, 4) is 0 Å². The van der Waals surface area contributed by atoms with Gasteiger partial charge in [0.2, 0.25) is 0 Å². The number of hydrogen-bond acceptors (Lipinski definition) is 4. The van der Waals surface area contributed by atoms with E-state index in [1.54, 1.807) is 0 Å². The molecule has 0 saturated carbocycles. The second kappa shape index (κ2) is 5.74. The first-order valence-corrected chi connectivity index (χ1v) is 6.23. The Kier molecular flexibility index (Phi) is 4.84. The number of hydrogen-bond donors (Lipinski definition) is 1. The van der Waals surface area contributed by atoms with Gasteiger partial charge in [-0.05, 0) is 31.9 Å². The van der Waals surface area contributed by atoms with Crippen LogP contribution in [0.2, 0.25) is 0 Å². The van der Waals surface area contributed by atoms with Gasteiger partial charge >= 0.3 is 0 Å². The van der Waals surface area contributed by atoms with Crippen molar-refractivity contribution in [2.45, 2.75) is 13.1 Å². The smallest absolute Gasteiger partial charge is 0.280 e. The quantitative estimate of drug-likeness (QED) is 0.705. The van der Waals surface area contributed by atoms with E-state index in [9.17, 15) is 14.4 Å². The van der Waals surface area contributed by atoms with Crippen molar-refractivity contribution < 1.29 is 9.90 Å². The molecule has 0 radical (unpaired) electrons. The zero-order valence-electron chi connectivity index (χ0n) is 8.89. The summed E-state index contributed by atoms with van der Waals surface area (Å²) < 4.78 is 2.98. The Hall–Kier alpha value is -0.730. The average molecular weight is 370 g/mol. The molecule has 6 nitrogen and oxygen atoms in total. The number of nitrogens with zero attached hydrogens (tertiary/aromatic N) is 2. The van der Waals surface area contributed by atoms with Gasteiger partial charge in [-0.3, -0.25) is 9.59 Å². The maximum Gasteiger partial charge on any atom is 0.280 e. The number of halogens is 2. The summed E-state index contributed by atoms with van der Waals surface area (Å²) in [6, 6.07) is 0. The van der Waals surface area contributed by atoms with E-state index >= 15 is 0 Å². The van der Waals surface area contributed by atoms with Gasteiger partial charge in [-0.2, -0.15) is 0 Å². The Balaban J connectivity index is 0.000000686. The van der Waals surface area contributed by atoms with Crippen LogP contribution in [0.1, 0.15) is 0 Å². The zero-order chi connectivity index (χ0) is 13.2. The van der Waals surface area contributed by atoms with Crippen LogP contribution in [-0.4, -0.2) is 27.9 Å². The molecular weight excluding hydrogens is 360 g/mol. The molecule has 94 valence electrons. The molecule has 0 saturated heterocycles. The molecule has 8 heteroatoms. The van der Waals surface area contributed by atoms with Gasteiger partial charge in [-0.25, -0.2) is 9.36 Å². The molecule has 17 heavy (non-hydrogen) atoms. The van der Waals surface area contributed by atoms with Crippen molar-refractivity contribution in [1.29, 1.82) is 0 Å². The van der Waals surface area contributed by atoms with Gasteiger partial charge in [0.05, 0.1) is 19.0 Å². The van der Waals surface area contributed by atoms with Crippen LogP contribution in [-0.2, 0) is 17.9 Å². The van der Waals surface area contributed by atoms with Gasteiger partial charge in [0, 0.05) is 7.11 Å². The lowest BCUT2D eigenvalue weighted by atomic mass is 10.2. The van der Waals surface area contributed by atoms with Crippen molar-refractivity contribution in [1.82, 2.24) is 9.36 Å². The Morgan fingerprint density at radius 1 is 1.12 bits per heavy atom. The lowest BCUT2D eigenvalue weighted by molar-refractivity contribution is -0.111. The minimum Gasteiger partial charge on any atom is -0.400 e. The maximum absolute atomic E-state index is 11.7. The number of aliphatic hydroxyl groups is 1. The normalized spacial score (nSPS) is 13.9. The third-order valence-electron chi connectivity index (χ3n) is 2.34. The molecule has 0 aliphatic carbocycles. The van der Waals surface area contributed by atoms with Gasteiger partial charge in [-0.1, -0.05) is 0 Å². The van der Waals surface area contributed by atoms with Crippen molar-refractivity contribution >= 4 is 38.1 Å². The van der Waals surface area contributed by atoms with Gasteiger partial charge in [0.25, 0.3) is 11.1 Å². The lowest BCUT2D eigenvalue weighted by Gasteiger charge is -2.06. The van der Waals surface area contributed by atoms with Gasteiger partial charge in [0.1, 0.15) is 15.2 Å². The van der Waals surface area contributed by atoms with E-state index in [0.717, 1.165) is 13.4 Å². The van der Waals surface area contributed by atoms with E-state index in [2.05, 4.69) is 31.9 Å². The molecule has 1 aliphatic heterocycles. The molecule has 2 rings (SSSR count). The van der Waals surface area contributed by atoms with Crippen LogP contribution >= 0.6 is 31.9 Å². The number of carbonyl (C=O) groups excluding carboxylic acids is 1. The van der Waals surface area contributed by atoms with Crippen molar-refractivity contribution in [2.24, 2.45) is 5.92 Å². The molecular formula is C9H10Br2N2O4. The first kappa shape index (κ1) is 14.3. The molecule has 0 amide bonds. The highest BCUT2D eigenvalue weighted by Crippen LogP contribution is 2.16. The van der Waals surface area contributed by atoms with E-state index in [0.29, 0.717) is 0 Å². The summed E-state index contributed by atoms with van der Waals surface area (Å²) in [5.41, 5.74) is -0.600. The second-order valence-electron chi connectivity index (χ2n) is 3.30. The van der Waals surface area contributed by atoms with E-state index in [4.69, 9.17) is 5.11 Å². The number of fused-ring (bicyclic) bond motifs is 1. The highest BCUT2D eigenvalue weighted by Gasteiger charge is 2.25. The summed E-state index contributed by atoms with van der Waals surface area (Å²) in [6.07, 6.45) is 0.765. The van der Waals surface area contributed by atoms with Crippen molar-refractivity contribution in [3.05, 3.63) is 29.7 Å². The van der Waals surface area contributed by atoms with Gasteiger partial charge in [-0.15, -0.1) is 0 Å². The first-order chi connectivity index (χ1) is 8.06. The molecule has 2 heterocycles. The summed E-state index contributed by atoms with van der Waals surface area (Å²) in [6.45, 7) is 0.535. The highest BCUT2D eigenvalue weighted by molar-refractivity contribution is 9.13. The number of aromatic nitrogens is 2. The van der Waals surface area contributed by atoms with Crippen LogP contribution in [0.4, 0.5) is 0 Å². The number of aldehydes is 1. The third kappa shape index (κ3) is 2.43. The Bertz CT molecular complexity index is 504. The predicted molar refractivity (Wildman–Crippen MR) is 68.1 cm³/mol. The molecule has 0 bridgehead atoms. The standard InChI is InChI=1S/C8H6Br2N2O3.CH4O/c9-5-6(10)8(15)12-2-4(3-13)1-11(12)7(5)14;1-2/h3-4H,1-2H2;2H,1H3. The van der Waals surface area contributed by atoms with Crippen LogP contribution in [0, 0.1) is 5.92 Å². The van der Waals surface area contributed by atoms with Crippen LogP contribution in [0.5, 0.6) is 0 Å². The average Bonchev–Trinajstić information content (AvgIpc) is 2.80. The van der Waals surface area contributed by atoms with E-state index in [1.807, 2.05) is 0 Å². The van der Waals surface area contributed by atoms with Crippen molar-refractivity contribution in [3.63, 3.8) is 0 Å². The Labute approximate surface area is 113 Å². The number of aliphatic hydroxyl groups excluding tert-OH is 1. The molecule has 1 N–H and O–H groups in total. The fourth-order valence-corrected chi connectivity index (χ4v) is 2.33. The molecule has 1 aromatic heterocycles. The summed E-state index contributed by atoms with van der Waals surface area (Å²) in [5, 5.41) is 7.00. The van der Waals surface area contributed by atoms with E-state index < -0.39 is 0 Å². The van der Waals surface area contributed by atoms with Gasteiger partial charge in [0.15, 0.2) is 0 Å². The predicted octanol–water partition coefficient (Wildman–Crippen LogP) is -0.0278. The summed E-state index contributed by atoms with van der Waals surface area (Å²) in [4.78, 5) is 34.0. The first-order valence-electron chi connectivity index (χ1n) is 4.65. The van der Waals surface area contributed by atoms with E-state index in [-0.39, 0.29) is 39.1 Å². The monoisotopic (exact) mass is 368 g/mol. The highest BCUT2D eigenvalue weighted by atomic mass is 79.9. The maximum atomic E-state index is 11.7. The molecule has 0 atom stereocenters. The van der Waals surface area contributed by atoms with Crippen molar-refractivity contribution in [2.75, 3.05) is 7.11 Å². The lowest BCUT2D eigenvalue weighted by Crippen LogP contribution is -2.35. The minimum atomic E-state index is -0.300. The summed E-state index contributed by atoms with van der Waals surface area (Å²) in [7, 11) is 1.00. The Morgan fingerprint density at radius 2 is 1.47 bits per heavy atom. The largest absolute Gasteiger partial charge is 0.400 e. The topological polar surface area (TPSA) is 81.3 Å². The van der Waals surface area contributed by atoms with Crippen LogP contribution in [0.3, 0.4) is 0 Å². The minimum absolute atomic E-state index is 0.204. The fourth-order valence-electron chi connectivity index (χ4n) is 1.58. The molecule has 0 fully saturated rings. The van der Waals surface area contributed by atoms with Gasteiger partial charge < -0.3 is 9.90 Å². The number of carbonyl (C=O) groups is 1. The van der Waals surface area contributed by atoms with E-state index in [1.165, 1.54) is 9.36 Å². The molecule has 0 unspecified atom stereocenters. The molecule has 1 aliphatic rings. The SMILES string of the molecule is CO.O=CC1Cn2c(=O)c(Br)c(Br)c(=O)n2C1. The van der Waals surface area contributed by atoms with Crippen LogP contribution < -0.4 is 11.1 Å². The molecule has 0 aromatic carbocycles. The fraction of sp³-hybridized carbons (Fsp3) is 0.444. The summed E-state index contributed by atoms with van der Waals surface area (Å²) in [5.74, 6) is -0.295. The number of rotatable bonds is 1. The Morgan fingerprint density at radius 3 is 1.76 bits per heavy atom.